The number of benzene rings is 2. The molecule has 3 N–H and O–H groups in total. The van der Waals surface area contributed by atoms with E-state index in [1.807, 2.05) is 18.2 Å². The molecule has 28 heavy (non-hydrogen) atoms. The number of anilines is 1. The number of guanidine groups is 1. The first-order chi connectivity index (χ1) is 13.3. The van der Waals surface area contributed by atoms with Gasteiger partial charge in [-0.15, -0.1) is 13.2 Å². The van der Waals surface area contributed by atoms with Crippen LogP contribution in [0, 0.1) is 0 Å². The molecule has 2 aromatic rings. The van der Waals surface area contributed by atoms with Gasteiger partial charge in [0.2, 0.25) is 0 Å². The van der Waals surface area contributed by atoms with Crippen molar-refractivity contribution in [2.24, 2.45) is 10.7 Å². The zero-order chi connectivity index (χ0) is 20.6. The van der Waals surface area contributed by atoms with Crippen LogP contribution in [-0.2, 0) is 6.42 Å². The Balaban J connectivity index is 1.94. The van der Waals surface area contributed by atoms with Crippen molar-refractivity contribution in [3.05, 3.63) is 48.0 Å². The van der Waals surface area contributed by atoms with Crippen molar-refractivity contribution in [1.82, 2.24) is 0 Å². The molecule has 0 unspecified atom stereocenters. The summed E-state index contributed by atoms with van der Waals surface area (Å²) in [5, 5.41) is 2.63. The summed E-state index contributed by atoms with van der Waals surface area (Å²) in [6, 6.07) is 11.1. The van der Waals surface area contributed by atoms with Gasteiger partial charge in [0.05, 0.1) is 19.9 Å². The number of nitrogens with two attached hydrogens (primary N) is 1. The Kier molecular flexibility index (Phi) is 7.36. The van der Waals surface area contributed by atoms with E-state index < -0.39 is 6.36 Å². The van der Waals surface area contributed by atoms with Gasteiger partial charge in [0.1, 0.15) is 11.5 Å². The lowest BCUT2D eigenvalue weighted by Crippen LogP contribution is -2.24. The number of hydrogen-bond acceptors (Lipinski definition) is 4. The molecule has 0 atom stereocenters. The first kappa shape index (κ1) is 21.2. The molecule has 0 spiro atoms. The number of aliphatic imine (C=N–C) groups is 1. The van der Waals surface area contributed by atoms with Gasteiger partial charge in [0.25, 0.3) is 0 Å². The number of alkyl halides is 3. The summed E-state index contributed by atoms with van der Waals surface area (Å²) in [5.74, 6) is 1.08. The van der Waals surface area contributed by atoms with Gasteiger partial charge in [-0.1, -0.05) is 12.1 Å². The molecular formula is C19H22F3N3O3. The molecule has 9 heteroatoms. The maximum Gasteiger partial charge on any atom is 0.573 e. The minimum Gasteiger partial charge on any atom is -0.497 e. The summed E-state index contributed by atoms with van der Waals surface area (Å²) < 4.78 is 51.9. The van der Waals surface area contributed by atoms with Crippen molar-refractivity contribution >= 4 is 11.6 Å². The van der Waals surface area contributed by atoms with E-state index in [4.69, 9.17) is 15.2 Å². The van der Waals surface area contributed by atoms with E-state index in [-0.39, 0.29) is 17.4 Å². The van der Waals surface area contributed by atoms with E-state index in [0.29, 0.717) is 19.4 Å². The van der Waals surface area contributed by atoms with E-state index in [1.165, 1.54) is 18.2 Å². The quantitative estimate of drug-likeness (QED) is 0.401. The maximum absolute atomic E-state index is 12.5. The number of para-hydroxylation sites is 2. The van der Waals surface area contributed by atoms with Crippen molar-refractivity contribution in [2.45, 2.75) is 19.2 Å². The number of ether oxygens (including phenoxy) is 3. The second kappa shape index (κ2) is 9.72. The maximum atomic E-state index is 12.5. The van der Waals surface area contributed by atoms with Crippen molar-refractivity contribution in [1.29, 1.82) is 0 Å². The summed E-state index contributed by atoms with van der Waals surface area (Å²) in [6.07, 6.45) is -3.46. The molecule has 2 rings (SSSR count). The van der Waals surface area contributed by atoms with Crippen LogP contribution in [0.3, 0.4) is 0 Å². The molecule has 0 aliphatic rings. The van der Waals surface area contributed by atoms with Gasteiger partial charge in [0, 0.05) is 6.54 Å². The van der Waals surface area contributed by atoms with Crippen LogP contribution in [0.4, 0.5) is 18.9 Å². The number of nitrogens with zero attached hydrogens (tertiary/aromatic N) is 1. The fraction of sp³-hybridized carbons (Fsp3) is 0.316. The van der Waals surface area contributed by atoms with Crippen LogP contribution in [0.25, 0.3) is 0 Å². The topological polar surface area (TPSA) is 78.1 Å². The first-order valence-electron chi connectivity index (χ1n) is 8.45. The number of methoxy groups -OCH3 is 2. The van der Waals surface area contributed by atoms with Crippen LogP contribution in [0.5, 0.6) is 17.2 Å². The molecule has 0 aliphatic carbocycles. The molecule has 0 radical (unpaired) electrons. The monoisotopic (exact) mass is 397 g/mol. The van der Waals surface area contributed by atoms with Gasteiger partial charge in [0.15, 0.2) is 11.7 Å². The number of hydrogen-bond donors (Lipinski definition) is 2. The first-order valence-corrected chi connectivity index (χ1v) is 8.45. The summed E-state index contributed by atoms with van der Waals surface area (Å²) in [7, 11) is 3.18. The highest BCUT2D eigenvalue weighted by molar-refractivity contribution is 5.93. The van der Waals surface area contributed by atoms with Gasteiger partial charge in [-0.3, -0.25) is 4.99 Å². The molecule has 0 aliphatic heterocycles. The number of aryl methyl sites for hydroxylation is 1. The van der Waals surface area contributed by atoms with E-state index in [0.717, 1.165) is 17.1 Å². The zero-order valence-corrected chi connectivity index (χ0v) is 15.5. The van der Waals surface area contributed by atoms with Crippen LogP contribution in [0.15, 0.2) is 47.5 Å². The van der Waals surface area contributed by atoms with Crippen LogP contribution in [0.2, 0.25) is 0 Å². The van der Waals surface area contributed by atoms with Crippen LogP contribution in [0.1, 0.15) is 12.0 Å². The molecule has 0 saturated carbocycles. The van der Waals surface area contributed by atoms with Crippen molar-refractivity contribution < 1.29 is 27.4 Å². The lowest BCUT2D eigenvalue weighted by molar-refractivity contribution is -0.274. The lowest BCUT2D eigenvalue weighted by atomic mass is 10.1. The Bertz CT molecular complexity index is 810. The number of halogens is 3. The summed E-state index contributed by atoms with van der Waals surface area (Å²) in [4.78, 5) is 4.14. The Morgan fingerprint density at radius 1 is 1.07 bits per heavy atom. The molecule has 2 aromatic carbocycles. The second-order valence-corrected chi connectivity index (χ2v) is 5.72. The summed E-state index contributed by atoms with van der Waals surface area (Å²) in [6.45, 7) is 0.376. The molecule has 6 nitrogen and oxygen atoms in total. The predicted octanol–water partition coefficient (Wildman–Crippen LogP) is 3.96. The molecule has 0 amide bonds. The number of nitrogens with one attached hydrogen (secondary N) is 1. The highest BCUT2D eigenvalue weighted by Crippen LogP contribution is 2.29. The predicted molar refractivity (Wildman–Crippen MR) is 101 cm³/mol. The third kappa shape index (κ3) is 6.57. The molecule has 152 valence electrons. The van der Waals surface area contributed by atoms with Crippen molar-refractivity contribution in [3.63, 3.8) is 0 Å². The standard InChI is InChI=1S/C19H22F3N3O3/c1-26-14-9-10-16(27-2)13(12-14)6-5-11-24-18(23)25-15-7-3-4-8-17(15)28-19(20,21)22/h3-4,7-10,12H,5-6,11H2,1-2H3,(H3,23,24,25). The zero-order valence-electron chi connectivity index (χ0n) is 15.5. The SMILES string of the molecule is COc1ccc(OC)c(CCCN=C(N)Nc2ccccc2OC(F)(F)F)c1. The smallest absolute Gasteiger partial charge is 0.497 e. The van der Waals surface area contributed by atoms with Crippen LogP contribution in [-0.4, -0.2) is 33.1 Å². The summed E-state index contributed by atoms with van der Waals surface area (Å²) >= 11 is 0. The fourth-order valence-corrected chi connectivity index (χ4v) is 2.51. The third-order valence-electron chi connectivity index (χ3n) is 3.75. The van der Waals surface area contributed by atoms with E-state index in [1.54, 1.807) is 20.3 Å². The molecule has 0 heterocycles. The van der Waals surface area contributed by atoms with E-state index in [2.05, 4.69) is 15.0 Å². The second-order valence-electron chi connectivity index (χ2n) is 5.72. The van der Waals surface area contributed by atoms with Crippen LogP contribution >= 0.6 is 0 Å². The van der Waals surface area contributed by atoms with E-state index >= 15 is 0 Å². The number of rotatable bonds is 8. The normalized spacial score (nSPS) is 11.8. The minimum atomic E-state index is -4.79. The average Bonchev–Trinajstić information content (AvgIpc) is 2.65. The molecule has 0 aromatic heterocycles. The van der Waals surface area contributed by atoms with Crippen molar-refractivity contribution in [3.8, 4) is 17.2 Å². The highest BCUT2D eigenvalue weighted by atomic mass is 19.4. The Morgan fingerprint density at radius 2 is 1.82 bits per heavy atom. The largest absolute Gasteiger partial charge is 0.573 e. The van der Waals surface area contributed by atoms with Gasteiger partial charge < -0.3 is 25.3 Å². The Hall–Kier alpha value is -3.10. The van der Waals surface area contributed by atoms with Gasteiger partial charge in [-0.05, 0) is 48.7 Å². The van der Waals surface area contributed by atoms with Crippen LogP contribution < -0.4 is 25.3 Å². The third-order valence-corrected chi connectivity index (χ3v) is 3.75. The molecule has 0 bridgehead atoms. The van der Waals surface area contributed by atoms with Crippen molar-refractivity contribution in [2.75, 3.05) is 26.1 Å². The van der Waals surface area contributed by atoms with Gasteiger partial charge >= 0.3 is 6.36 Å². The Labute approximate surface area is 161 Å². The molecular weight excluding hydrogens is 375 g/mol. The van der Waals surface area contributed by atoms with E-state index in [9.17, 15) is 13.2 Å². The van der Waals surface area contributed by atoms with Gasteiger partial charge in [-0.2, -0.15) is 0 Å². The Morgan fingerprint density at radius 3 is 2.50 bits per heavy atom. The molecule has 0 saturated heterocycles. The highest BCUT2D eigenvalue weighted by Gasteiger charge is 2.32. The lowest BCUT2D eigenvalue weighted by Gasteiger charge is -2.14. The minimum absolute atomic E-state index is 0.00386. The van der Waals surface area contributed by atoms with Gasteiger partial charge in [-0.25, -0.2) is 0 Å². The summed E-state index contributed by atoms with van der Waals surface area (Å²) in [5.41, 5.74) is 6.82. The average molecular weight is 397 g/mol. The fourth-order valence-electron chi connectivity index (χ4n) is 2.51. The molecule has 0 fully saturated rings.